The summed E-state index contributed by atoms with van der Waals surface area (Å²) in [4.78, 5) is -0.0160. The zero-order valence-electron chi connectivity index (χ0n) is 11.2. The Balaban J connectivity index is 3.28. The highest BCUT2D eigenvalue weighted by Crippen LogP contribution is 2.27. The standard InChI is InChI=1S/C13H18N2O3S/c1-5-13(3,4)15-19(16,17)12-9-10(14)7-8-11(12)18-6-2/h1,7-9,15H,6,14H2,2-4H3. The van der Waals surface area contributed by atoms with Gasteiger partial charge in [-0.15, -0.1) is 6.42 Å². The first-order valence-electron chi connectivity index (χ1n) is 5.76. The lowest BCUT2D eigenvalue weighted by Gasteiger charge is -2.20. The van der Waals surface area contributed by atoms with Gasteiger partial charge in [-0.2, -0.15) is 4.72 Å². The lowest BCUT2D eigenvalue weighted by Crippen LogP contribution is -2.42. The Bertz CT molecular complexity index is 601. The molecular weight excluding hydrogens is 264 g/mol. The Morgan fingerprint density at radius 1 is 1.47 bits per heavy atom. The van der Waals surface area contributed by atoms with Crippen molar-refractivity contribution in [3.05, 3.63) is 18.2 Å². The maximum Gasteiger partial charge on any atom is 0.245 e. The third kappa shape index (κ3) is 3.88. The monoisotopic (exact) mass is 282 g/mol. The van der Waals surface area contributed by atoms with Crippen molar-refractivity contribution < 1.29 is 13.2 Å². The molecule has 0 amide bonds. The fraction of sp³-hybridized carbons (Fsp3) is 0.385. The fourth-order valence-electron chi connectivity index (χ4n) is 1.43. The van der Waals surface area contributed by atoms with Crippen LogP contribution >= 0.6 is 0 Å². The molecular formula is C13H18N2O3S. The average molecular weight is 282 g/mol. The third-order valence-electron chi connectivity index (χ3n) is 2.31. The fourth-order valence-corrected chi connectivity index (χ4v) is 2.95. The number of nitrogens with one attached hydrogen (secondary N) is 1. The van der Waals surface area contributed by atoms with E-state index < -0.39 is 15.6 Å². The first kappa shape index (κ1) is 15.3. The van der Waals surface area contributed by atoms with Crippen LogP contribution < -0.4 is 15.2 Å². The first-order chi connectivity index (χ1) is 8.72. The summed E-state index contributed by atoms with van der Waals surface area (Å²) in [6, 6.07) is 4.45. The second kappa shape index (κ2) is 5.51. The Kier molecular flexibility index (Phi) is 4.45. The molecule has 1 aromatic rings. The van der Waals surface area contributed by atoms with Crippen molar-refractivity contribution in [1.82, 2.24) is 4.72 Å². The molecule has 0 spiro atoms. The number of hydrogen-bond acceptors (Lipinski definition) is 4. The van der Waals surface area contributed by atoms with Crippen LogP contribution in [0.1, 0.15) is 20.8 Å². The van der Waals surface area contributed by atoms with Crippen molar-refractivity contribution in [1.29, 1.82) is 0 Å². The number of terminal acetylenes is 1. The maximum atomic E-state index is 12.3. The van der Waals surface area contributed by atoms with Crippen molar-refractivity contribution in [2.45, 2.75) is 31.2 Å². The predicted octanol–water partition coefficient (Wildman–Crippen LogP) is 1.36. The van der Waals surface area contributed by atoms with Gasteiger partial charge in [0.2, 0.25) is 10.0 Å². The first-order valence-corrected chi connectivity index (χ1v) is 7.24. The van der Waals surface area contributed by atoms with Gasteiger partial charge in [-0.1, -0.05) is 5.92 Å². The summed E-state index contributed by atoms with van der Waals surface area (Å²) in [6.07, 6.45) is 5.29. The zero-order valence-corrected chi connectivity index (χ0v) is 12.0. The van der Waals surface area contributed by atoms with Crippen LogP contribution in [-0.4, -0.2) is 20.6 Å². The number of benzene rings is 1. The molecule has 0 saturated carbocycles. The normalized spacial score (nSPS) is 11.9. The second-order valence-corrected chi connectivity index (χ2v) is 6.16. The summed E-state index contributed by atoms with van der Waals surface area (Å²) in [5.74, 6) is 2.62. The van der Waals surface area contributed by atoms with Gasteiger partial charge in [-0.25, -0.2) is 8.42 Å². The van der Waals surface area contributed by atoms with Crippen molar-refractivity contribution in [3.8, 4) is 18.1 Å². The molecule has 0 aromatic heterocycles. The minimum absolute atomic E-state index is 0.0160. The molecule has 3 N–H and O–H groups in total. The van der Waals surface area contributed by atoms with E-state index in [2.05, 4.69) is 10.6 Å². The van der Waals surface area contributed by atoms with E-state index in [1.807, 2.05) is 0 Å². The lowest BCUT2D eigenvalue weighted by atomic mass is 10.1. The summed E-state index contributed by atoms with van der Waals surface area (Å²) >= 11 is 0. The van der Waals surface area contributed by atoms with Crippen molar-refractivity contribution in [2.24, 2.45) is 0 Å². The maximum absolute atomic E-state index is 12.3. The van der Waals surface area contributed by atoms with Gasteiger partial charge in [0.05, 0.1) is 12.1 Å². The average Bonchev–Trinajstić information content (AvgIpc) is 2.30. The molecule has 0 aliphatic carbocycles. The summed E-state index contributed by atoms with van der Waals surface area (Å²) in [5, 5.41) is 0. The smallest absolute Gasteiger partial charge is 0.245 e. The van der Waals surface area contributed by atoms with Gasteiger partial charge in [-0.3, -0.25) is 0 Å². The van der Waals surface area contributed by atoms with Gasteiger partial charge in [0.25, 0.3) is 0 Å². The zero-order chi connectivity index (χ0) is 14.7. The molecule has 5 nitrogen and oxygen atoms in total. The van der Waals surface area contributed by atoms with Crippen LogP contribution in [0, 0.1) is 12.3 Å². The summed E-state index contributed by atoms with van der Waals surface area (Å²) in [6.45, 7) is 5.31. The van der Waals surface area contributed by atoms with E-state index in [0.29, 0.717) is 12.3 Å². The minimum atomic E-state index is -3.80. The number of nitrogens with two attached hydrogens (primary N) is 1. The molecule has 0 fully saturated rings. The molecule has 1 aromatic carbocycles. The molecule has 0 aliphatic rings. The molecule has 6 heteroatoms. The van der Waals surface area contributed by atoms with Crippen LogP contribution in [0.3, 0.4) is 0 Å². The number of nitrogen functional groups attached to an aromatic ring is 1. The van der Waals surface area contributed by atoms with Crippen LogP contribution in [0.15, 0.2) is 23.1 Å². The highest BCUT2D eigenvalue weighted by molar-refractivity contribution is 7.89. The Labute approximate surface area is 114 Å². The van der Waals surface area contributed by atoms with Crippen LogP contribution in [0.5, 0.6) is 5.75 Å². The summed E-state index contributed by atoms with van der Waals surface area (Å²) in [7, 11) is -3.80. The number of rotatable bonds is 5. The minimum Gasteiger partial charge on any atom is -0.492 e. The van der Waals surface area contributed by atoms with Gasteiger partial charge in [-0.05, 0) is 39.0 Å². The number of anilines is 1. The summed E-state index contributed by atoms with van der Waals surface area (Å²) < 4.78 is 32.3. The second-order valence-electron chi connectivity index (χ2n) is 4.51. The highest BCUT2D eigenvalue weighted by Gasteiger charge is 2.27. The number of ether oxygens (including phenoxy) is 1. The SMILES string of the molecule is C#CC(C)(C)NS(=O)(=O)c1cc(N)ccc1OCC. The van der Waals surface area contributed by atoms with Crippen LogP contribution in [0.25, 0.3) is 0 Å². The molecule has 0 aliphatic heterocycles. The quantitative estimate of drug-likeness (QED) is 0.631. The summed E-state index contributed by atoms with van der Waals surface area (Å²) in [5.41, 5.74) is 4.97. The van der Waals surface area contributed by atoms with Crippen molar-refractivity contribution in [2.75, 3.05) is 12.3 Å². The Morgan fingerprint density at radius 2 is 2.11 bits per heavy atom. The van der Waals surface area contributed by atoms with E-state index in [0.717, 1.165) is 0 Å². The van der Waals surface area contributed by atoms with E-state index in [1.54, 1.807) is 26.8 Å². The van der Waals surface area contributed by atoms with Crippen LogP contribution in [-0.2, 0) is 10.0 Å². The molecule has 19 heavy (non-hydrogen) atoms. The lowest BCUT2D eigenvalue weighted by molar-refractivity contribution is 0.331. The number of sulfonamides is 1. The highest BCUT2D eigenvalue weighted by atomic mass is 32.2. The molecule has 0 unspecified atom stereocenters. The van der Waals surface area contributed by atoms with Crippen molar-refractivity contribution in [3.63, 3.8) is 0 Å². The molecule has 0 saturated heterocycles. The van der Waals surface area contributed by atoms with E-state index in [1.165, 1.54) is 12.1 Å². The third-order valence-corrected chi connectivity index (χ3v) is 3.98. The van der Waals surface area contributed by atoms with Gasteiger partial charge >= 0.3 is 0 Å². The molecule has 0 atom stereocenters. The van der Waals surface area contributed by atoms with Gasteiger partial charge < -0.3 is 10.5 Å². The van der Waals surface area contributed by atoms with Crippen molar-refractivity contribution >= 4 is 15.7 Å². The van der Waals surface area contributed by atoms with E-state index in [9.17, 15) is 8.42 Å². The van der Waals surface area contributed by atoms with Gasteiger partial charge in [0, 0.05) is 5.69 Å². The largest absolute Gasteiger partial charge is 0.492 e. The Morgan fingerprint density at radius 3 is 2.63 bits per heavy atom. The molecule has 0 heterocycles. The van der Waals surface area contributed by atoms with E-state index in [-0.39, 0.29) is 10.6 Å². The molecule has 0 radical (unpaired) electrons. The molecule has 104 valence electrons. The molecule has 1 rings (SSSR count). The Hall–Kier alpha value is -1.71. The van der Waals surface area contributed by atoms with Crippen LogP contribution in [0.2, 0.25) is 0 Å². The van der Waals surface area contributed by atoms with Gasteiger partial charge in [0.15, 0.2) is 0 Å². The topological polar surface area (TPSA) is 81.4 Å². The number of hydrogen-bond donors (Lipinski definition) is 2. The van der Waals surface area contributed by atoms with Crippen LogP contribution in [0.4, 0.5) is 5.69 Å². The molecule has 0 bridgehead atoms. The van der Waals surface area contributed by atoms with E-state index in [4.69, 9.17) is 16.9 Å². The van der Waals surface area contributed by atoms with E-state index >= 15 is 0 Å². The van der Waals surface area contributed by atoms with Gasteiger partial charge in [0.1, 0.15) is 10.6 Å². The predicted molar refractivity (Wildman–Crippen MR) is 75.3 cm³/mol.